The molecule has 1 aliphatic rings. The van der Waals surface area contributed by atoms with Gasteiger partial charge in [-0.15, -0.1) is 11.6 Å². The predicted molar refractivity (Wildman–Crippen MR) is 55.9 cm³/mol. The molecule has 0 radical (unpaired) electrons. The molecule has 4 nitrogen and oxygen atoms in total. The maximum absolute atomic E-state index is 11.5. The summed E-state index contributed by atoms with van der Waals surface area (Å²) >= 11 is 5.69. The molecule has 0 unspecified atom stereocenters. The van der Waals surface area contributed by atoms with E-state index >= 15 is 0 Å². The first-order chi connectivity index (χ1) is 6.83. The third-order valence-electron chi connectivity index (χ3n) is 2.27. The Kier molecular flexibility index (Phi) is 2.72. The lowest BCUT2D eigenvalue weighted by atomic mass is 10.4. The fraction of sp³-hybridized carbons (Fsp3) is 0.556. The van der Waals surface area contributed by atoms with Gasteiger partial charge in [-0.3, -0.25) is 4.79 Å². The van der Waals surface area contributed by atoms with E-state index in [-0.39, 0.29) is 5.56 Å². The number of aromatic amines is 1. The molecule has 1 aliphatic carbocycles. The molecule has 0 saturated heterocycles. The summed E-state index contributed by atoms with van der Waals surface area (Å²) in [6.45, 7) is 0.687. The summed E-state index contributed by atoms with van der Waals surface area (Å²) in [7, 11) is 0. The molecule has 0 aromatic carbocycles. The average Bonchev–Trinajstić information content (AvgIpc) is 2.99. The van der Waals surface area contributed by atoms with Crippen LogP contribution in [0.2, 0.25) is 0 Å². The molecule has 0 amide bonds. The lowest BCUT2D eigenvalue weighted by molar-refractivity contribution is 0.799. The van der Waals surface area contributed by atoms with Gasteiger partial charge >= 0.3 is 0 Å². The normalized spacial score (nSPS) is 15.5. The summed E-state index contributed by atoms with van der Waals surface area (Å²) in [5.41, 5.74) is -0.135. The van der Waals surface area contributed by atoms with Crippen LogP contribution in [0.15, 0.2) is 17.2 Å². The smallest absolute Gasteiger partial charge is 0.290 e. The van der Waals surface area contributed by atoms with Gasteiger partial charge < -0.3 is 9.88 Å². The van der Waals surface area contributed by atoms with Gasteiger partial charge in [-0.2, -0.15) is 0 Å². The first-order valence-electron chi connectivity index (χ1n) is 4.69. The van der Waals surface area contributed by atoms with Crippen molar-refractivity contribution in [3.63, 3.8) is 0 Å². The van der Waals surface area contributed by atoms with Crippen LogP contribution in [-0.4, -0.2) is 28.4 Å². The van der Waals surface area contributed by atoms with Crippen LogP contribution in [0.5, 0.6) is 0 Å². The van der Waals surface area contributed by atoms with Crippen molar-refractivity contribution in [1.29, 1.82) is 0 Å². The Balaban J connectivity index is 2.25. The van der Waals surface area contributed by atoms with Gasteiger partial charge in [0.25, 0.3) is 5.56 Å². The fourth-order valence-corrected chi connectivity index (χ4v) is 1.67. The zero-order valence-electron chi connectivity index (χ0n) is 7.74. The van der Waals surface area contributed by atoms with Crippen LogP contribution in [0.3, 0.4) is 0 Å². The number of nitrogens with zero attached hydrogens (tertiary/aromatic N) is 2. The predicted octanol–water partition coefficient (Wildman–Crippen LogP) is 0.977. The monoisotopic (exact) mass is 213 g/mol. The second-order valence-corrected chi connectivity index (χ2v) is 3.73. The number of rotatable bonds is 4. The van der Waals surface area contributed by atoms with Crippen LogP contribution < -0.4 is 10.5 Å². The lowest BCUT2D eigenvalue weighted by Crippen LogP contribution is -2.33. The van der Waals surface area contributed by atoms with E-state index in [0.717, 1.165) is 12.8 Å². The average molecular weight is 214 g/mol. The van der Waals surface area contributed by atoms with Gasteiger partial charge in [-0.25, -0.2) is 4.98 Å². The topological polar surface area (TPSA) is 49.0 Å². The van der Waals surface area contributed by atoms with Crippen LogP contribution in [0.1, 0.15) is 12.8 Å². The van der Waals surface area contributed by atoms with Crippen molar-refractivity contribution in [2.24, 2.45) is 0 Å². The summed E-state index contributed by atoms with van der Waals surface area (Å²) in [5, 5.41) is 0. The molecule has 1 aromatic heterocycles. The highest BCUT2D eigenvalue weighted by Gasteiger charge is 2.30. The standard InChI is InChI=1S/C9H12ClN3O/c10-3-6-13(7-1-2-7)8-9(14)12-5-4-11-8/h4-5,7H,1-3,6H2,(H,12,14). The Morgan fingerprint density at radius 2 is 2.43 bits per heavy atom. The molecular weight excluding hydrogens is 202 g/mol. The molecule has 1 heterocycles. The van der Waals surface area contributed by atoms with Crippen molar-refractivity contribution in [2.75, 3.05) is 17.3 Å². The van der Waals surface area contributed by atoms with Crippen LogP contribution in [0.4, 0.5) is 5.82 Å². The summed E-state index contributed by atoms with van der Waals surface area (Å²) in [5.74, 6) is 1.02. The fourth-order valence-electron chi connectivity index (χ4n) is 1.49. The Morgan fingerprint density at radius 1 is 1.64 bits per heavy atom. The highest BCUT2D eigenvalue weighted by Crippen LogP contribution is 2.28. The maximum Gasteiger partial charge on any atom is 0.290 e. The third kappa shape index (κ3) is 1.90. The van der Waals surface area contributed by atoms with E-state index in [1.807, 2.05) is 4.90 Å². The van der Waals surface area contributed by atoms with E-state index in [1.54, 1.807) is 6.20 Å². The minimum atomic E-state index is -0.135. The van der Waals surface area contributed by atoms with Crippen molar-refractivity contribution in [3.8, 4) is 0 Å². The number of hydrogen-bond donors (Lipinski definition) is 1. The second-order valence-electron chi connectivity index (χ2n) is 3.36. The first kappa shape index (κ1) is 9.52. The van der Waals surface area contributed by atoms with Crippen LogP contribution in [0.25, 0.3) is 0 Å². The molecule has 0 spiro atoms. The van der Waals surface area contributed by atoms with E-state index in [2.05, 4.69) is 9.97 Å². The second kappa shape index (κ2) is 4.00. The Bertz CT molecular complexity index is 361. The molecule has 1 aromatic rings. The van der Waals surface area contributed by atoms with E-state index in [0.29, 0.717) is 24.3 Å². The van der Waals surface area contributed by atoms with Gasteiger partial charge in [0.05, 0.1) is 0 Å². The van der Waals surface area contributed by atoms with Gasteiger partial charge in [0.15, 0.2) is 5.82 Å². The highest BCUT2D eigenvalue weighted by atomic mass is 35.5. The van der Waals surface area contributed by atoms with Crippen molar-refractivity contribution in [2.45, 2.75) is 18.9 Å². The molecule has 1 saturated carbocycles. The van der Waals surface area contributed by atoms with Crippen molar-refractivity contribution >= 4 is 17.4 Å². The van der Waals surface area contributed by atoms with Crippen molar-refractivity contribution in [3.05, 3.63) is 22.7 Å². The summed E-state index contributed by atoms with van der Waals surface area (Å²) in [6, 6.07) is 0.463. The molecular formula is C9H12ClN3O. The molecule has 0 atom stereocenters. The number of alkyl halides is 1. The molecule has 0 aliphatic heterocycles. The summed E-state index contributed by atoms with van der Waals surface area (Å²) < 4.78 is 0. The molecule has 2 rings (SSSR count). The minimum Gasteiger partial charge on any atom is -0.348 e. The van der Waals surface area contributed by atoms with Crippen LogP contribution in [0, 0.1) is 0 Å². The van der Waals surface area contributed by atoms with E-state index in [4.69, 9.17) is 11.6 Å². The molecule has 14 heavy (non-hydrogen) atoms. The maximum atomic E-state index is 11.5. The number of H-pyrrole nitrogens is 1. The molecule has 0 bridgehead atoms. The molecule has 5 heteroatoms. The van der Waals surface area contributed by atoms with Crippen LogP contribution in [-0.2, 0) is 0 Å². The summed E-state index contributed by atoms with van der Waals surface area (Å²) in [6.07, 6.45) is 5.40. The van der Waals surface area contributed by atoms with E-state index in [9.17, 15) is 4.79 Å². The van der Waals surface area contributed by atoms with E-state index in [1.165, 1.54) is 6.20 Å². The van der Waals surface area contributed by atoms with Crippen molar-refractivity contribution < 1.29 is 0 Å². The van der Waals surface area contributed by atoms with E-state index < -0.39 is 0 Å². The van der Waals surface area contributed by atoms with Gasteiger partial charge in [0, 0.05) is 30.9 Å². The number of hydrogen-bond acceptors (Lipinski definition) is 3. The number of anilines is 1. The SMILES string of the molecule is O=c1[nH]ccnc1N(CCCl)C1CC1. The zero-order chi connectivity index (χ0) is 9.97. The quantitative estimate of drug-likeness (QED) is 0.759. The lowest BCUT2D eigenvalue weighted by Gasteiger charge is -2.20. The number of aromatic nitrogens is 2. The number of nitrogens with one attached hydrogen (secondary N) is 1. The summed E-state index contributed by atoms with van der Waals surface area (Å²) in [4.78, 5) is 20.2. The zero-order valence-corrected chi connectivity index (χ0v) is 8.50. The van der Waals surface area contributed by atoms with Gasteiger partial charge in [-0.1, -0.05) is 0 Å². The van der Waals surface area contributed by atoms with Gasteiger partial charge in [-0.05, 0) is 12.8 Å². The Hall–Kier alpha value is -1.03. The first-order valence-corrected chi connectivity index (χ1v) is 5.22. The van der Waals surface area contributed by atoms with Gasteiger partial charge in [0.2, 0.25) is 0 Å². The largest absolute Gasteiger partial charge is 0.348 e. The van der Waals surface area contributed by atoms with Gasteiger partial charge in [0.1, 0.15) is 0 Å². The minimum absolute atomic E-state index is 0.135. The number of halogens is 1. The highest BCUT2D eigenvalue weighted by molar-refractivity contribution is 6.18. The molecule has 76 valence electrons. The molecule has 1 N–H and O–H groups in total. The Labute approximate surface area is 86.9 Å². The Morgan fingerprint density at radius 3 is 3.00 bits per heavy atom. The van der Waals surface area contributed by atoms with Crippen molar-refractivity contribution in [1.82, 2.24) is 9.97 Å². The molecule has 1 fully saturated rings. The third-order valence-corrected chi connectivity index (χ3v) is 2.44. The van der Waals surface area contributed by atoms with Crippen LogP contribution >= 0.6 is 11.6 Å².